The molecule has 0 radical (unpaired) electrons. The zero-order chi connectivity index (χ0) is 30.9. The fraction of sp³-hybridized carbons (Fsp3) is 0.333. The van der Waals surface area contributed by atoms with Crippen LogP contribution in [0, 0.1) is 6.92 Å². The summed E-state index contributed by atoms with van der Waals surface area (Å²) >= 11 is 1.62. The zero-order valence-electron chi connectivity index (χ0n) is 23.8. The number of aryl methyl sites for hydroxylation is 1. The van der Waals surface area contributed by atoms with E-state index in [2.05, 4.69) is 20.6 Å². The van der Waals surface area contributed by atoms with Gasteiger partial charge in [0, 0.05) is 61.1 Å². The highest BCUT2D eigenvalue weighted by Gasteiger charge is 2.34. The molecule has 6 rings (SSSR count). The fourth-order valence-electron chi connectivity index (χ4n) is 5.36. The van der Waals surface area contributed by atoms with Crippen LogP contribution in [-0.4, -0.2) is 41.2 Å². The van der Waals surface area contributed by atoms with E-state index in [9.17, 15) is 21.6 Å². The summed E-state index contributed by atoms with van der Waals surface area (Å²) in [7, 11) is -3.97. The van der Waals surface area contributed by atoms with Crippen molar-refractivity contribution in [2.24, 2.45) is 0 Å². The summed E-state index contributed by atoms with van der Waals surface area (Å²) in [6.45, 7) is 4.01. The van der Waals surface area contributed by atoms with E-state index in [4.69, 9.17) is 9.17 Å². The molecule has 0 bridgehead atoms. The monoisotopic (exact) mass is 644 g/mol. The molecule has 0 saturated carbocycles. The Labute approximate surface area is 257 Å². The summed E-state index contributed by atoms with van der Waals surface area (Å²) in [5, 5.41) is 13.7. The lowest BCUT2D eigenvalue weighted by Gasteiger charge is -2.30. The molecule has 2 aliphatic heterocycles. The minimum atomic E-state index is -4.47. The maximum absolute atomic E-state index is 13.0. The van der Waals surface area contributed by atoms with Crippen molar-refractivity contribution in [1.82, 2.24) is 30.3 Å². The second-order valence-electron chi connectivity index (χ2n) is 10.8. The molecule has 1 atom stereocenters. The van der Waals surface area contributed by atoms with Crippen molar-refractivity contribution in [3.8, 4) is 5.75 Å². The molecule has 1 fully saturated rings. The average Bonchev–Trinajstić information content (AvgIpc) is 3.58. The largest absolute Gasteiger partial charge is 0.435 e. The van der Waals surface area contributed by atoms with Crippen molar-refractivity contribution < 1.29 is 25.8 Å². The summed E-state index contributed by atoms with van der Waals surface area (Å²) in [5.41, 5.74) is 2.11. The number of hydrogen-bond donors (Lipinski definition) is 2. The van der Waals surface area contributed by atoms with Gasteiger partial charge in [-0.15, -0.1) is 11.3 Å². The summed E-state index contributed by atoms with van der Waals surface area (Å²) in [6, 6.07) is 14.5. The Kier molecular flexibility index (Phi) is 8.51. The number of nitrogens with one attached hydrogen (secondary N) is 2. The van der Waals surface area contributed by atoms with Gasteiger partial charge in [0.05, 0.1) is 10.7 Å². The SMILES string of the molecule is Cc1cc(C(F)(F)F)nn1C=CN1CCC(c2nc(C3NCc4cccc(OS(=O)(=O)c5ccccc5)c4CN3)cs2)CC1. The van der Waals surface area contributed by atoms with E-state index in [0.717, 1.165) is 53.8 Å². The molecule has 0 spiro atoms. The first kappa shape index (κ1) is 30.3. The molecule has 2 aliphatic rings. The smallest absolute Gasteiger partial charge is 0.379 e. The van der Waals surface area contributed by atoms with E-state index in [1.807, 2.05) is 11.4 Å². The second kappa shape index (κ2) is 12.3. The highest BCUT2D eigenvalue weighted by molar-refractivity contribution is 7.87. The molecule has 9 nitrogen and oxygen atoms in total. The second-order valence-corrected chi connectivity index (χ2v) is 13.2. The molecule has 2 N–H and O–H groups in total. The Hall–Kier alpha value is -3.72. The number of nitrogens with zero attached hydrogens (tertiary/aromatic N) is 4. The van der Waals surface area contributed by atoms with Crippen LogP contribution in [0.3, 0.4) is 0 Å². The van der Waals surface area contributed by atoms with Gasteiger partial charge in [-0.05, 0) is 49.6 Å². The van der Waals surface area contributed by atoms with E-state index in [0.29, 0.717) is 24.5 Å². The first-order valence-corrected chi connectivity index (χ1v) is 16.4. The van der Waals surface area contributed by atoms with Crippen LogP contribution in [0.2, 0.25) is 0 Å². The Morgan fingerprint density at radius 2 is 1.77 bits per heavy atom. The van der Waals surface area contributed by atoms with Gasteiger partial charge in [0.2, 0.25) is 0 Å². The van der Waals surface area contributed by atoms with Gasteiger partial charge in [-0.1, -0.05) is 30.3 Å². The van der Waals surface area contributed by atoms with Crippen molar-refractivity contribution in [2.45, 2.75) is 56.0 Å². The van der Waals surface area contributed by atoms with Crippen molar-refractivity contribution in [2.75, 3.05) is 13.1 Å². The van der Waals surface area contributed by atoms with Crippen LogP contribution in [0.1, 0.15) is 58.1 Å². The summed E-state index contributed by atoms with van der Waals surface area (Å²) in [5.74, 6) is 0.581. The quantitative estimate of drug-likeness (QED) is 0.250. The molecule has 1 unspecified atom stereocenters. The number of hydrogen-bond acceptors (Lipinski definition) is 9. The number of alkyl halides is 3. The predicted octanol–water partition coefficient (Wildman–Crippen LogP) is 5.63. The van der Waals surface area contributed by atoms with Gasteiger partial charge >= 0.3 is 16.3 Å². The molecule has 0 aliphatic carbocycles. The minimum absolute atomic E-state index is 0.0968. The van der Waals surface area contributed by atoms with Gasteiger partial charge in [0.1, 0.15) is 16.8 Å². The third-order valence-corrected chi connectivity index (χ3v) is 10.1. The van der Waals surface area contributed by atoms with Crippen molar-refractivity contribution >= 4 is 27.7 Å². The van der Waals surface area contributed by atoms with Gasteiger partial charge in [0.15, 0.2) is 5.69 Å². The van der Waals surface area contributed by atoms with Gasteiger partial charge < -0.3 is 9.08 Å². The highest BCUT2D eigenvalue weighted by Crippen LogP contribution is 2.33. The maximum Gasteiger partial charge on any atom is 0.435 e. The molecular formula is C30H31F3N6O3S2. The number of benzene rings is 2. The number of halogens is 3. The lowest BCUT2D eigenvalue weighted by atomic mass is 9.98. The Bertz CT molecular complexity index is 1750. The minimum Gasteiger partial charge on any atom is -0.379 e. The van der Waals surface area contributed by atoms with E-state index in [-0.39, 0.29) is 17.0 Å². The number of fused-ring (bicyclic) bond motifs is 1. The number of thiazole rings is 1. The Balaban J connectivity index is 1.06. The van der Waals surface area contributed by atoms with Crippen LogP contribution < -0.4 is 14.8 Å². The van der Waals surface area contributed by atoms with Gasteiger partial charge in [-0.3, -0.25) is 10.6 Å². The number of likely N-dealkylation sites (tertiary alicyclic amines) is 1. The Morgan fingerprint density at radius 1 is 1.02 bits per heavy atom. The van der Waals surface area contributed by atoms with E-state index >= 15 is 0 Å². The third kappa shape index (κ3) is 6.67. The molecular weight excluding hydrogens is 613 g/mol. The van der Waals surface area contributed by atoms with E-state index < -0.39 is 22.0 Å². The fourth-order valence-corrected chi connectivity index (χ4v) is 7.35. The molecule has 4 heterocycles. The number of piperidine rings is 1. The molecule has 2 aromatic carbocycles. The molecule has 232 valence electrons. The van der Waals surface area contributed by atoms with Crippen LogP contribution in [0.4, 0.5) is 13.2 Å². The zero-order valence-corrected chi connectivity index (χ0v) is 25.4. The summed E-state index contributed by atoms with van der Waals surface area (Å²) in [4.78, 5) is 7.13. The first-order chi connectivity index (χ1) is 21.1. The van der Waals surface area contributed by atoms with Crippen LogP contribution in [0.5, 0.6) is 5.75 Å². The highest BCUT2D eigenvalue weighted by atomic mass is 32.2. The predicted molar refractivity (Wildman–Crippen MR) is 160 cm³/mol. The van der Waals surface area contributed by atoms with Crippen molar-refractivity contribution in [3.05, 3.63) is 99.4 Å². The maximum atomic E-state index is 13.0. The van der Waals surface area contributed by atoms with Crippen molar-refractivity contribution in [1.29, 1.82) is 0 Å². The van der Waals surface area contributed by atoms with E-state index in [1.54, 1.807) is 61.0 Å². The molecule has 4 aromatic rings. The normalized spacial score (nSPS) is 18.4. The number of rotatable bonds is 7. The Morgan fingerprint density at radius 3 is 2.50 bits per heavy atom. The van der Waals surface area contributed by atoms with Gasteiger partial charge in [0.25, 0.3) is 0 Å². The molecule has 2 aromatic heterocycles. The van der Waals surface area contributed by atoms with Crippen LogP contribution in [-0.2, 0) is 29.4 Å². The lowest BCUT2D eigenvalue weighted by molar-refractivity contribution is -0.141. The van der Waals surface area contributed by atoms with Crippen LogP contribution in [0.15, 0.2) is 71.1 Å². The molecule has 1 saturated heterocycles. The summed E-state index contributed by atoms with van der Waals surface area (Å²) < 4.78 is 71.4. The summed E-state index contributed by atoms with van der Waals surface area (Å²) in [6.07, 6.45) is 0.412. The topological polar surface area (TPSA) is 101 Å². The van der Waals surface area contributed by atoms with Gasteiger partial charge in [-0.2, -0.15) is 26.7 Å². The third-order valence-electron chi connectivity index (χ3n) is 7.79. The molecule has 0 amide bonds. The van der Waals surface area contributed by atoms with Crippen LogP contribution in [0.25, 0.3) is 6.20 Å². The van der Waals surface area contributed by atoms with Gasteiger partial charge in [-0.25, -0.2) is 9.67 Å². The molecule has 44 heavy (non-hydrogen) atoms. The lowest BCUT2D eigenvalue weighted by Crippen LogP contribution is -2.31. The van der Waals surface area contributed by atoms with Crippen molar-refractivity contribution in [3.63, 3.8) is 0 Å². The first-order valence-electron chi connectivity index (χ1n) is 14.1. The van der Waals surface area contributed by atoms with E-state index in [1.165, 1.54) is 16.8 Å². The number of aromatic nitrogens is 3. The van der Waals surface area contributed by atoms with Crippen LogP contribution >= 0.6 is 11.3 Å². The standard InChI is InChI=1S/C30H31F3N6O3S2/c1-20-16-27(30(31,32)33)37-39(20)15-14-38-12-10-21(11-13-38)29-36-25(19-43-29)28-34-17-22-6-5-9-26(24(22)18-35-28)42-44(40,41)23-7-3-2-4-8-23/h2-9,14-16,19,21,28,34-35H,10-13,17-18H2,1H3. The average molecular weight is 645 g/mol. The molecule has 14 heteroatoms.